The Labute approximate surface area is 148 Å². The second kappa shape index (κ2) is 6.96. The number of thioether (sulfide) groups is 1. The van der Waals surface area contributed by atoms with E-state index in [4.69, 9.17) is 4.74 Å². The molecule has 2 aliphatic heterocycles. The number of nitrogens with one attached hydrogen (secondary N) is 2. The Balaban J connectivity index is 1.47. The van der Waals surface area contributed by atoms with Gasteiger partial charge in [-0.1, -0.05) is 18.2 Å². The third-order valence-corrected chi connectivity index (χ3v) is 6.61. The van der Waals surface area contributed by atoms with Crippen LogP contribution in [0.3, 0.4) is 0 Å². The summed E-state index contributed by atoms with van der Waals surface area (Å²) in [6.45, 7) is 1.01. The van der Waals surface area contributed by atoms with Gasteiger partial charge in [-0.2, -0.15) is 11.8 Å². The molecule has 0 radical (unpaired) electrons. The van der Waals surface area contributed by atoms with Crippen molar-refractivity contribution in [2.75, 3.05) is 18.1 Å². The molecule has 1 saturated carbocycles. The highest BCUT2D eigenvalue weighted by molar-refractivity contribution is 7.99. The molecule has 1 aliphatic carbocycles. The Morgan fingerprint density at radius 2 is 2.17 bits per heavy atom. The van der Waals surface area contributed by atoms with Crippen molar-refractivity contribution in [3.63, 3.8) is 0 Å². The number of carbonyl (C=O) groups is 1. The number of carbonyl (C=O) groups excluding carboxylic acids is 1. The first kappa shape index (κ1) is 16.3. The lowest BCUT2D eigenvalue weighted by molar-refractivity contribution is -0.122. The van der Waals surface area contributed by atoms with Crippen LogP contribution in [-0.2, 0) is 4.79 Å². The molecule has 1 spiro atoms. The van der Waals surface area contributed by atoms with Gasteiger partial charge in [-0.15, -0.1) is 0 Å². The van der Waals surface area contributed by atoms with Crippen LogP contribution in [0.15, 0.2) is 24.3 Å². The molecular weight excluding hydrogens is 320 g/mol. The van der Waals surface area contributed by atoms with E-state index in [1.807, 2.05) is 30.0 Å². The molecule has 1 amide bonds. The predicted octanol–water partition coefficient (Wildman–Crippen LogP) is 3.03. The third kappa shape index (κ3) is 3.42. The van der Waals surface area contributed by atoms with E-state index < -0.39 is 0 Å². The fraction of sp³-hybridized carbons (Fsp3) is 0.632. The summed E-state index contributed by atoms with van der Waals surface area (Å²) in [7, 11) is 0. The fourth-order valence-electron chi connectivity index (χ4n) is 4.30. The van der Waals surface area contributed by atoms with Gasteiger partial charge in [-0.05, 0) is 31.7 Å². The molecule has 2 N–H and O–H groups in total. The van der Waals surface area contributed by atoms with Gasteiger partial charge in [0, 0.05) is 42.5 Å². The monoisotopic (exact) mass is 346 g/mol. The van der Waals surface area contributed by atoms with Crippen LogP contribution in [0, 0.1) is 0 Å². The molecule has 2 unspecified atom stereocenters. The van der Waals surface area contributed by atoms with Crippen LogP contribution in [-0.4, -0.2) is 35.6 Å². The van der Waals surface area contributed by atoms with Crippen molar-refractivity contribution in [3.8, 4) is 5.75 Å². The van der Waals surface area contributed by atoms with Crippen LogP contribution in [0.2, 0.25) is 0 Å². The first-order valence-corrected chi connectivity index (χ1v) is 10.3. The maximum Gasteiger partial charge on any atom is 0.222 e. The van der Waals surface area contributed by atoms with Gasteiger partial charge in [0.25, 0.3) is 0 Å². The summed E-state index contributed by atoms with van der Waals surface area (Å²) in [4.78, 5) is 12.6. The molecule has 4 rings (SSSR count). The molecule has 2 atom stereocenters. The van der Waals surface area contributed by atoms with E-state index in [9.17, 15) is 4.79 Å². The molecule has 4 nitrogen and oxygen atoms in total. The van der Waals surface area contributed by atoms with Crippen molar-refractivity contribution in [2.24, 2.45) is 0 Å². The Bertz CT molecular complexity index is 595. The van der Waals surface area contributed by atoms with E-state index in [0.29, 0.717) is 12.5 Å². The number of ether oxygens (including phenoxy) is 1. The molecule has 2 fully saturated rings. The lowest BCUT2D eigenvalue weighted by atomic mass is 9.86. The summed E-state index contributed by atoms with van der Waals surface area (Å²) in [5, 5.41) is 6.75. The van der Waals surface area contributed by atoms with Crippen LogP contribution in [0.1, 0.15) is 50.1 Å². The van der Waals surface area contributed by atoms with Gasteiger partial charge < -0.3 is 15.4 Å². The molecule has 5 heteroatoms. The normalized spacial score (nSPS) is 28.2. The SMILES string of the molecule is O=C(CC1CSCCN1)NC1CC2(CCCC2)Oc2ccccc21. The first-order chi connectivity index (χ1) is 11.7. The Morgan fingerprint density at radius 1 is 1.33 bits per heavy atom. The molecule has 3 aliphatic rings. The maximum atomic E-state index is 12.6. The van der Waals surface area contributed by atoms with Gasteiger partial charge in [0.05, 0.1) is 6.04 Å². The number of hydrogen-bond acceptors (Lipinski definition) is 4. The van der Waals surface area contributed by atoms with Gasteiger partial charge in [0.2, 0.25) is 5.91 Å². The van der Waals surface area contributed by atoms with E-state index in [2.05, 4.69) is 16.7 Å². The van der Waals surface area contributed by atoms with Gasteiger partial charge in [0.1, 0.15) is 11.4 Å². The van der Waals surface area contributed by atoms with E-state index in [1.165, 1.54) is 12.8 Å². The van der Waals surface area contributed by atoms with Gasteiger partial charge in [-0.3, -0.25) is 4.79 Å². The Morgan fingerprint density at radius 3 is 2.96 bits per heavy atom. The molecule has 0 aromatic heterocycles. The summed E-state index contributed by atoms with van der Waals surface area (Å²) in [6, 6.07) is 8.59. The minimum atomic E-state index is -0.0642. The van der Waals surface area contributed by atoms with Crippen molar-refractivity contribution >= 4 is 17.7 Å². The van der Waals surface area contributed by atoms with E-state index in [0.717, 1.165) is 48.6 Å². The molecule has 1 saturated heterocycles. The second-order valence-electron chi connectivity index (χ2n) is 7.28. The minimum absolute atomic E-state index is 0.0642. The average molecular weight is 346 g/mol. The van der Waals surface area contributed by atoms with Crippen molar-refractivity contribution < 1.29 is 9.53 Å². The summed E-state index contributed by atoms with van der Waals surface area (Å²) in [5.74, 6) is 3.29. The van der Waals surface area contributed by atoms with Crippen LogP contribution < -0.4 is 15.4 Å². The second-order valence-corrected chi connectivity index (χ2v) is 8.43. The van der Waals surface area contributed by atoms with Gasteiger partial charge >= 0.3 is 0 Å². The van der Waals surface area contributed by atoms with E-state index >= 15 is 0 Å². The number of benzene rings is 1. The van der Waals surface area contributed by atoms with E-state index in [1.54, 1.807) is 0 Å². The Kier molecular flexibility index (Phi) is 4.72. The average Bonchev–Trinajstić information content (AvgIpc) is 3.03. The summed E-state index contributed by atoms with van der Waals surface area (Å²) in [5.41, 5.74) is 1.07. The van der Waals surface area contributed by atoms with Crippen molar-refractivity contribution in [3.05, 3.63) is 29.8 Å². The minimum Gasteiger partial charge on any atom is -0.487 e. The number of rotatable bonds is 3. The maximum absolute atomic E-state index is 12.6. The Hall–Kier alpha value is -1.20. The molecular formula is C19H26N2O2S. The molecule has 0 bridgehead atoms. The van der Waals surface area contributed by atoms with Crippen LogP contribution in [0.5, 0.6) is 5.75 Å². The van der Waals surface area contributed by atoms with Gasteiger partial charge in [-0.25, -0.2) is 0 Å². The summed E-state index contributed by atoms with van der Waals surface area (Å²) in [6.07, 6.45) is 6.14. The number of hydrogen-bond donors (Lipinski definition) is 2. The van der Waals surface area contributed by atoms with Crippen LogP contribution in [0.4, 0.5) is 0 Å². The van der Waals surface area contributed by atoms with Crippen molar-refractivity contribution in [1.29, 1.82) is 0 Å². The zero-order valence-electron chi connectivity index (χ0n) is 14.1. The standard InChI is InChI=1S/C19H26N2O2S/c22-18(11-14-13-24-10-9-20-14)21-16-12-19(7-3-4-8-19)23-17-6-2-1-5-15(16)17/h1-2,5-6,14,16,20H,3-4,7-13H2,(H,21,22). The number of para-hydroxylation sites is 1. The zero-order chi connectivity index (χ0) is 16.4. The smallest absolute Gasteiger partial charge is 0.222 e. The highest BCUT2D eigenvalue weighted by Crippen LogP contribution is 2.46. The molecule has 2 heterocycles. The lowest BCUT2D eigenvalue weighted by Gasteiger charge is -2.40. The van der Waals surface area contributed by atoms with Gasteiger partial charge in [0.15, 0.2) is 0 Å². The highest BCUT2D eigenvalue weighted by atomic mass is 32.2. The summed E-state index contributed by atoms with van der Waals surface area (Å²) < 4.78 is 6.38. The first-order valence-electron chi connectivity index (χ1n) is 9.13. The molecule has 130 valence electrons. The number of amides is 1. The van der Waals surface area contributed by atoms with Crippen LogP contribution in [0.25, 0.3) is 0 Å². The molecule has 1 aromatic carbocycles. The topological polar surface area (TPSA) is 50.4 Å². The summed E-state index contributed by atoms with van der Waals surface area (Å²) >= 11 is 1.93. The quantitative estimate of drug-likeness (QED) is 0.883. The largest absolute Gasteiger partial charge is 0.487 e. The van der Waals surface area contributed by atoms with E-state index in [-0.39, 0.29) is 17.6 Å². The molecule has 24 heavy (non-hydrogen) atoms. The third-order valence-electron chi connectivity index (χ3n) is 5.48. The fourth-order valence-corrected chi connectivity index (χ4v) is 5.25. The predicted molar refractivity (Wildman–Crippen MR) is 97.5 cm³/mol. The van der Waals surface area contributed by atoms with Crippen molar-refractivity contribution in [2.45, 2.75) is 56.2 Å². The lowest BCUT2D eigenvalue weighted by Crippen LogP contribution is -2.45. The molecule has 1 aromatic rings. The van der Waals surface area contributed by atoms with Crippen LogP contribution >= 0.6 is 11.8 Å². The number of fused-ring (bicyclic) bond motifs is 1. The zero-order valence-corrected chi connectivity index (χ0v) is 14.9. The van der Waals surface area contributed by atoms with Crippen molar-refractivity contribution in [1.82, 2.24) is 10.6 Å². The highest BCUT2D eigenvalue weighted by Gasteiger charge is 2.43.